The summed E-state index contributed by atoms with van der Waals surface area (Å²) in [5.41, 5.74) is 8.64. The predicted molar refractivity (Wildman–Crippen MR) is 126 cm³/mol. The van der Waals surface area contributed by atoms with Crippen molar-refractivity contribution in [2.24, 2.45) is 10.7 Å². The van der Waals surface area contributed by atoms with Crippen molar-refractivity contribution < 1.29 is 9.53 Å². The number of amides is 1. The standard InChI is InChI=1S/C22H21N7O2S/c1-26-9-14(8-23)13-3-6-19(24)29(11-13)22(25)32-15-4-5-17-16(7-15)21-18(10-27-17)28(2)20(30)12-31-21/h3-11,24-25H,12,23H2,1-2H3. The van der Waals surface area contributed by atoms with E-state index in [-0.39, 0.29) is 23.2 Å². The summed E-state index contributed by atoms with van der Waals surface area (Å²) in [4.78, 5) is 22.7. The van der Waals surface area contributed by atoms with E-state index in [0.717, 1.165) is 21.4 Å². The number of nitrogens with two attached hydrogens (primary N) is 1. The SMILES string of the molecule is CN=CC(=CN)c1ccc(=N)n(C(=N)Sc2ccc3ncc4c(c3c2)OCC(=O)N4C)c1. The number of allylic oxidation sites excluding steroid dienone is 1. The molecule has 0 spiro atoms. The highest BCUT2D eigenvalue weighted by molar-refractivity contribution is 8.13. The first-order valence-electron chi connectivity index (χ1n) is 9.63. The molecule has 1 aromatic carbocycles. The second-order valence-electron chi connectivity index (χ2n) is 6.98. The van der Waals surface area contributed by atoms with E-state index in [1.165, 1.54) is 27.4 Å². The molecule has 3 heterocycles. The molecule has 0 unspecified atom stereocenters. The molecule has 1 aliphatic heterocycles. The van der Waals surface area contributed by atoms with Crippen LogP contribution in [-0.2, 0) is 4.79 Å². The van der Waals surface area contributed by atoms with Crippen molar-refractivity contribution in [2.45, 2.75) is 4.90 Å². The molecule has 2 aromatic heterocycles. The molecule has 4 rings (SSSR count). The van der Waals surface area contributed by atoms with E-state index >= 15 is 0 Å². The summed E-state index contributed by atoms with van der Waals surface area (Å²) >= 11 is 1.20. The summed E-state index contributed by atoms with van der Waals surface area (Å²) in [5.74, 6) is 0.461. The normalized spacial score (nSPS) is 14.0. The number of anilines is 1. The Morgan fingerprint density at radius 2 is 2.16 bits per heavy atom. The Bertz CT molecular complexity index is 1360. The van der Waals surface area contributed by atoms with E-state index in [4.69, 9.17) is 21.3 Å². The zero-order valence-corrected chi connectivity index (χ0v) is 18.3. The number of benzene rings is 1. The molecule has 0 aliphatic carbocycles. The molecule has 162 valence electrons. The highest BCUT2D eigenvalue weighted by Gasteiger charge is 2.24. The number of ether oxygens (including phenoxy) is 1. The quantitative estimate of drug-likeness (QED) is 0.322. The summed E-state index contributed by atoms with van der Waals surface area (Å²) in [6.07, 6.45) is 6.38. The molecule has 0 fully saturated rings. The number of hydrogen-bond donors (Lipinski definition) is 3. The summed E-state index contributed by atoms with van der Waals surface area (Å²) in [7, 11) is 3.34. The Hall–Kier alpha value is -3.92. The first-order chi connectivity index (χ1) is 15.4. The largest absolute Gasteiger partial charge is 0.481 e. The molecule has 0 saturated heterocycles. The Kier molecular flexibility index (Phi) is 5.78. The van der Waals surface area contributed by atoms with Crippen molar-refractivity contribution in [1.29, 1.82) is 10.8 Å². The highest BCUT2D eigenvalue weighted by Crippen LogP contribution is 2.38. The number of aliphatic imine (C=N–C) groups is 1. The lowest BCUT2D eigenvalue weighted by Crippen LogP contribution is -2.35. The molecule has 10 heteroatoms. The number of carbonyl (C=O) groups excluding carboxylic acids is 1. The van der Waals surface area contributed by atoms with E-state index < -0.39 is 0 Å². The maximum Gasteiger partial charge on any atom is 0.264 e. The van der Waals surface area contributed by atoms with Crippen LogP contribution in [0.4, 0.5) is 5.69 Å². The molecule has 0 bridgehead atoms. The van der Waals surface area contributed by atoms with Crippen LogP contribution in [0.15, 0.2) is 58.8 Å². The fraction of sp³-hybridized carbons (Fsp3) is 0.136. The lowest BCUT2D eigenvalue weighted by molar-refractivity contribution is -0.120. The molecule has 3 aromatic rings. The first-order valence-corrected chi connectivity index (χ1v) is 10.4. The number of rotatable bonds is 3. The van der Waals surface area contributed by atoms with Crippen molar-refractivity contribution in [3.63, 3.8) is 0 Å². The van der Waals surface area contributed by atoms with Gasteiger partial charge in [0.05, 0.1) is 11.7 Å². The third-order valence-electron chi connectivity index (χ3n) is 5.01. The van der Waals surface area contributed by atoms with Crippen LogP contribution in [0.1, 0.15) is 5.56 Å². The number of fused-ring (bicyclic) bond motifs is 3. The Morgan fingerprint density at radius 3 is 2.91 bits per heavy atom. The van der Waals surface area contributed by atoms with Crippen molar-refractivity contribution in [1.82, 2.24) is 9.55 Å². The van der Waals surface area contributed by atoms with Crippen LogP contribution >= 0.6 is 11.8 Å². The smallest absolute Gasteiger partial charge is 0.264 e. The molecule has 4 N–H and O–H groups in total. The number of pyridine rings is 2. The number of aromatic nitrogens is 2. The fourth-order valence-corrected chi connectivity index (χ4v) is 4.09. The fourth-order valence-electron chi connectivity index (χ4n) is 3.31. The monoisotopic (exact) mass is 447 g/mol. The van der Waals surface area contributed by atoms with Crippen LogP contribution < -0.4 is 20.9 Å². The van der Waals surface area contributed by atoms with Crippen LogP contribution in [0, 0.1) is 10.8 Å². The van der Waals surface area contributed by atoms with E-state index in [1.54, 1.807) is 44.8 Å². The van der Waals surface area contributed by atoms with Gasteiger partial charge in [-0.2, -0.15) is 0 Å². The van der Waals surface area contributed by atoms with Gasteiger partial charge in [-0.3, -0.25) is 30.2 Å². The minimum Gasteiger partial charge on any atom is -0.481 e. The van der Waals surface area contributed by atoms with Gasteiger partial charge in [0.15, 0.2) is 17.5 Å². The first kappa shape index (κ1) is 21.3. The highest BCUT2D eigenvalue weighted by atomic mass is 32.2. The van der Waals surface area contributed by atoms with Gasteiger partial charge >= 0.3 is 0 Å². The lowest BCUT2D eigenvalue weighted by atomic mass is 10.1. The molecule has 9 nitrogen and oxygen atoms in total. The van der Waals surface area contributed by atoms with Crippen LogP contribution in [0.2, 0.25) is 0 Å². The van der Waals surface area contributed by atoms with Crippen molar-refractivity contribution >= 4 is 51.2 Å². The molecule has 0 saturated carbocycles. The van der Waals surface area contributed by atoms with Gasteiger partial charge in [0.2, 0.25) is 0 Å². The van der Waals surface area contributed by atoms with Crippen molar-refractivity contribution in [3.8, 4) is 5.75 Å². The molecular weight excluding hydrogens is 426 g/mol. The average molecular weight is 448 g/mol. The molecule has 1 aliphatic rings. The van der Waals surface area contributed by atoms with E-state index in [2.05, 4.69) is 9.98 Å². The molecule has 0 radical (unpaired) electrons. The summed E-state index contributed by atoms with van der Waals surface area (Å²) < 4.78 is 7.17. The van der Waals surface area contributed by atoms with Gasteiger partial charge in [-0.25, -0.2) is 0 Å². The third-order valence-corrected chi connectivity index (χ3v) is 5.89. The Labute approximate surface area is 188 Å². The van der Waals surface area contributed by atoms with Gasteiger partial charge in [-0.1, -0.05) is 11.8 Å². The predicted octanol–water partition coefficient (Wildman–Crippen LogP) is 2.45. The third kappa shape index (κ3) is 3.87. The Morgan fingerprint density at radius 1 is 1.34 bits per heavy atom. The van der Waals surface area contributed by atoms with E-state index in [1.807, 2.05) is 18.2 Å². The molecule has 32 heavy (non-hydrogen) atoms. The maximum atomic E-state index is 11.9. The van der Waals surface area contributed by atoms with Crippen LogP contribution in [0.5, 0.6) is 5.75 Å². The van der Waals surface area contributed by atoms with Crippen molar-refractivity contribution in [3.05, 3.63) is 60.0 Å². The number of carbonyl (C=O) groups is 1. The van der Waals surface area contributed by atoms with Gasteiger partial charge in [0.25, 0.3) is 5.91 Å². The summed E-state index contributed by atoms with van der Waals surface area (Å²) in [6, 6.07) is 8.97. The van der Waals surface area contributed by atoms with Gasteiger partial charge in [-0.15, -0.1) is 0 Å². The molecular formula is C22H21N7O2S. The Balaban J connectivity index is 1.69. The number of hydrogen-bond acceptors (Lipinski definition) is 8. The lowest BCUT2D eigenvalue weighted by Gasteiger charge is -2.26. The topological polar surface area (TPSA) is 133 Å². The number of thioether (sulfide) groups is 1. The zero-order chi connectivity index (χ0) is 22.8. The second-order valence-corrected chi connectivity index (χ2v) is 8.04. The second kappa shape index (κ2) is 8.67. The molecule has 1 amide bonds. The summed E-state index contributed by atoms with van der Waals surface area (Å²) in [6.45, 7) is -0.0291. The zero-order valence-electron chi connectivity index (χ0n) is 17.5. The minimum absolute atomic E-state index is 0.0291. The maximum absolute atomic E-state index is 11.9. The van der Waals surface area contributed by atoms with Gasteiger partial charge in [0.1, 0.15) is 11.2 Å². The van der Waals surface area contributed by atoms with E-state index in [0.29, 0.717) is 17.0 Å². The van der Waals surface area contributed by atoms with Crippen LogP contribution in [-0.4, -0.2) is 47.5 Å². The van der Waals surface area contributed by atoms with E-state index in [9.17, 15) is 4.79 Å². The van der Waals surface area contributed by atoms with Crippen molar-refractivity contribution in [2.75, 3.05) is 25.6 Å². The number of nitrogens with one attached hydrogen (secondary N) is 2. The van der Waals surface area contributed by atoms with Gasteiger partial charge in [-0.05, 0) is 30.3 Å². The van der Waals surface area contributed by atoms with Gasteiger partial charge in [0, 0.05) is 54.1 Å². The van der Waals surface area contributed by atoms with Crippen LogP contribution in [0.3, 0.4) is 0 Å². The number of likely N-dealkylation sites (N-methyl/N-ethyl adjacent to an activating group) is 1. The average Bonchev–Trinajstić information content (AvgIpc) is 2.80. The number of nitrogens with zero attached hydrogens (tertiary/aromatic N) is 4. The molecule has 0 atom stereocenters. The van der Waals surface area contributed by atoms with Crippen LogP contribution in [0.25, 0.3) is 16.5 Å². The summed E-state index contributed by atoms with van der Waals surface area (Å²) in [5, 5.41) is 17.7. The van der Waals surface area contributed by atoms with Gasteiger partial charge < -0.3 is 15.4 Å². The minimum atomic E-state index is -0.135.